The van der Waals surface area contributed by atoms with Crippen LogP contribution in [0.25, 0.3) is 0 Å². The number of hydrogen-bond donors (Lipinski definition) is 2. The van der Waals surface area contributed by atoms with Gasteiger partial charge in [-0.1, -0.05) is 182 Å². The van der Waals surface area contributed by atoms with Gasteiger partial charge in [0.1, 0.15) is 29.5 Å². The first kappa shape index (κ1) is 35.5. The first-order valence-electron chi connectivity index (χ1n) is 17.8. The quantitative estimate of drug-likeness (QED) is 0.113. The van der Waals surface area contributed by atoms with E-state index in [0.29, 0.717) is 0 Å². The van der Waals surface area contributed by atoms with Gasteiger partial charge in [-0.25, -0.2) is 0 Å². The van der Waals surface area contributed by atoms with Crippen molar-refractivity contribution >= 4 is 0 Å². The van der Waals surface area contributed by atoms with Crippen LogP contribution in [0.1, 0.15) is 33.4 Å². The Labute approximate surface area is 305 Å². The van der Waals surface area contributed by atoms with E-state index in [-0.39, 0.29) is 26.2 Å². The van der Waals surface area contributed by atoms with Gasteiger partial charge < -0.3 is 29.2 Å². The van der Waals surface area contributed by atoms with Crippen LogP contribution in [0.4, 0.5) is 0 Å². The lowest BCUT2D eigenvalue weighted by molar-refractivity contribution is -0.354. The Bertz CT molecular complexity index is 1830. The summed E-state index contributed by atoms with van der Waals surface area (Å²) in [7, 11) is 0. The molecule has 0 unspecified atom stereocenters. The molecule has 6 heteroatoms. The van der Waals surface area contributed by atoms with Gasteiger partial charge in [0.2, 0.25) is 0 Å². The highest BCUT2D eigenvalue weighted by molar-refractivity contribution is 5.47. The molecule has 2 N–H and O–H groups in total. The summed E-state index contributed by atoms with van der Waals surface area (Å²) in [6.07, 6.45) is -4.37. The fourth-order valence-electron chi connectivity index (χ4n) is 7.14. The molecule has 1 aliphatic rings. The Balaban J connectivity index is 1.27. The smallest absolute Gasteiger partial charge is 0.190 e. The van der Waals surface area contributed by atoms with Crippen molar-refractivity contribution in [3.63, 3.8) is 0 Å². The lowest BCUT2D eigenvalue weighted by Crippen LogP contribution is -2.69. The lowest BCUT2D eigenvalue weighted by Gasteiger charge is -2.50. The summed E-state index contributed by atoms with van der Waals surface area (Å²) in [6.45, 7) is 0.304. The van der Waals surface area contributed by atoms with Crippen molar-refractivity contribution in [1.29, 1.82) is 0 Å². The summed E-state index contributed by atoms with van der Waals surface area (Å²) in [6, 6.07) is 59.4. The van der Waals surface area contributed by atoms with Gasteiger partial charge in [-0.15, -0.1) is 0 Å². The summed E-state index contributed by atoms with van der Waals surface area (Å²) in [5.41, 5.74) is 2.64. The van der Waals surface area contributed by atoms with Crippen LogP contribution in [-0.4, -0.2) is 47.0 Å². The van der Waals surface area contributed by atoms with E-state index in [1.807, 2.05) is 182 Å². The van der Waals surface area contributed by atoms with Gasteiger partial charge >= 0.3 is 0 Å². The van der Waals surface area contributed by atoms with Gasteiger partial charge in [0.05, 0.1) is 19.8 Å². The predicted octanol–water partition coefficient (Wildman–Crippen LogP) is 7.86. The Morgan fingerprint density at radius 2 is 0.904 bits per heavy atom. The third kappa shape index (κ3) is 7.78. The second kappa shape index (κ2) is 16.6. The van der Waals surface area contributed by atoms with E-state index in [9.17, 15) is 10.2 Å². The summed E-state index contributed by atoms with van der Waals surface area (Å²) >= 11 is 0. The average Bonchev–Trinajstić information content (AvgIpc) is 3.21. The van der Waals surface area contributed by atoms with Crippen molar-refractivity contribution in [1.82, 2.24) is 0 Å². The third-order valence-electron chi connectivity index (χ3n) is 9.74. The Kier molecular flexibility index (Phi) is 11.3. The zero-order valence-corrected chi connectivity index (χ0v) is 29.0. The highest BCUT2D eigenvalue weighted by atomic mass is 16.7. The summed E-state index contributed by atoms with van der Waals surface area (Å²) < 4.78 is 26.8. The summed E-state index contributed by atoms with van der Waals surface area (Å²) in [5, 5.41) is 25.1. The topological polar surface area (TPSA) is 77.4 Å². The Morgan fingerprint density at radius 3 is 1.35 bits per heavy atom. The van der Waals surface area contributed by atoms with Crippen LogP contribution in [0.2, 0.25) is 0 Å². The maximum atomic E-state index is 12.8. The van der Waals surface area contributed by atoms with E-state index in [1.54, 1.807) is 0 Å². The van der Waals surface area contributed by atoms with Gasteiger partial charge in [-0.2, -0.15) is 0 Å². The van der Waals surface area contributed by atoms with Crippen LogP contribution >= 0.6 is 0 Å². The zero-order valence-electron chi connectivity index (χ0n) is 29.0. The molecule has 0 saturated carbocycles. The molecule has 0 aliphatic carbocycles. The van der Waals surface area contributed by atoms with Crippen molar-refractivity contribution in [2.75, 3.05) is 6.61 Å². The standard InChI is InChI=1S/C46H44O6/c47-42-41(34-51-46(38-25-13-4-14-26-38,39-27-15-5-16-28-39)40-29-17-6-18-30-40)52-44(50-33-37-23-11-3-12-24-37)45(48,31-35-19-7-1-8-20-35)43(42)49-32-36-21-9-2-10-22-36/h1-30,41-44,47-48H,31-34H2/t41-,42-,43+,44+,45-/m1/s1. The highest BCUT2D eigenvalue weighted by Gasteiger charge is 2.57. The number of ether oxygens (including phenoxy) is 4. The number of aliphatic hydroxyl groups excluding tert-OH is 1. The SMILES string of the molecule is O[C@@H]1[C@@H](COC(c2ccccc2)(c2ccccc2)c2ccccc2)O[C@H](OCc2ccccc2)[C@@](O)(Cc2ccccc2)[C@H]1OCc1ccccc1. The van der Waals surface area contributed by atoms with Crippen molar-refractivity contribution < 1.29 is 29.2 Å². The molecule has 1 fully saturated rings. The van der Waals surface area contributed by atoms with E-state index in [1.165, 1.54) is 0 Å². The van der Waals surface area contributed by atoms with E-state index in [0.717, 1.165) is 33.4 Å². The van der Waals surface area contributed by atoms with Crippen molar-refractivity contribution in [2.45, 2.75) is 55.4 Å². The normalized spacial score (nSPS) is 21.8. The maximum Gasteiger partial charge on any atom is 0.190 e. The van der Waals surface area contributed by atoms with Gasteiger partial charge in [-0.3, -0.25) is 0 Å². The molecule has 6 nitrogen and oxygen atoms in total. The van der Waals surface area contributed by atoms with Crippen LogP contribution in [-0.2, 0) is 44.2 Å². The van der Waals surface area contributed by atoms with E-state index in [4.69, 9.17) is 18.9 Å². The molecular weight excluding hydrogens is 649 g/mol. The molecule has 0 radical (unpaired) electrons. The molecule has 0 aromatic heterocycles. The summed E-state index contributed by atoms with van der Waals surface area (Å²) in [4.78, 5) is 0. The fourth-order valence-corrected chi connectivity index (χ4v) is 7.14. The molecule has 1 aliphatic heterocycles. The van der Waals surface area contributed by atoms with Gasteiger partial charge in [0.15, 0.2) is 6.29 Å². The average molecular weight is 693 g/mol. The minimum Gasteiger partial charge on any atom is -0.387 e. The van der Waals surface area contributed by atoms with Crippen LogP contribution in [0, 0.1) is 0 Å². The highest BCUT2D eigenvalue weighted by Crippen LogP contribution is 2.42. The number of benzene rings is 6. The van der Waals surface area contributed by atoms with Gasteiger partial charge in [0.25, 0.3) is 0 Å². The molecule has 1 heterocycles. The minimum absolute atomic E-state index is 0.0440. The number of aliphatic hydroxyl groups is 2. The molecule has 7 rings (SSSR count). The Morgan fingerprint density at radius 1 is 0.519 bits per heavy atom. The molecule has 52 heavy (non-hydrogen) atoms. The second-order valence-corrected chi connectivity index (χ2v) is 13.3. The van der Waals surface area contributed by atoms with E-state index < -0.39 is 35.8 Å². The molecule has 6 aromatic carbocycles. The predicted molar refractivity (Wildman–Crippen MR) is 201 cm³/mol. The van der Waals surface area contributed by atoms with Crippen molar-refractivity contribution in [3.05, 3.63) is 215 Å². The minimum atomic E-state index is -1.77. The Hall–Kier alpha value is -4.92. The van der Waals surface area contributed by atoms with Crippen LogP contribution < -0.4 is 0 Å². The van der Waals surface area contributed by atoms with Crippen LogP contribution in [0.15, 0.2) is 182 Å². The van der Waals surface area contributed by atoms with E-state index in [2.05, 4.69) is 0 Å². The first-order valence-corrected chi connectivity index (χ1v) is 17.8. The molecule has 1 saturated heterocycles. The second-order valence-electron chi connectivity index (χ2n) is 13.3. The third-order valence-corrected chi connectivity index (χ3v) is 9.74. The van der Waals surface area contributed by atoms with Crippen molar-refractivity contribution in [3.8, 4) is 0 Å². The molecule has 0 bridgehead atoms. The zero-order chi connectivity index (χ0) is 35.6. The molecular formula is C46H44O6. The monoisotopic (exact) mass is 692 g/mol. The molecule has 0 amide bonds. The largest absolute Gasteiger partial charge is 0.387 e. The first-order chi connectivity index (χ1) is 25.6. The number of hydrogen-bond acceptors (Lipinski definition) is 6. The number of rotatable bonds is 14. The van der Waals surface area contributed by atoms with E-state index >= 15 is 0 Å². The maximum absolute atomic E-state index is 12.8. The van der Waals surface area contributed by atoms with Crippen molar-refractivity contribution in [2.24, 2.45) is 0 Å². The fraction of sp³-hybridized carbons (Fsp3) is 0.217. The van der Waals surface area contributed by atoms with Gasteiger partial charge in [-0.05, 0) is 33.4 Å². The lowest BCUT2D eigenvalue weighted by atomic mass is 9.79. The van der Waals surface area contributed by atoms with Crippen LogP contribution in [0.3, 0.4) is 0 Å². The van der Waals surface area contributed by atoms with Gasteiger partial charge in [0, 0.05) is 6.42 Å². The molecule has 0 spiro atoms. The molecule has 264 valence electrons. The van der Waals surface area contributed by atoms with Crippen LogP contribution in [0.5, 0.6) is 0 Å². The summed E-state index contributed by atoms with van der Waals surface area (Å²) in [5.74, 6) is 0. The molecule has 5 atom stereocenters. The molecule has 6 aromatic rings.